The molecule has 5 aromatic carbocycles. The van der Waals surface area contributed by atoms with E-state index >= 15 is 0 Å². The number of carbonyl (C=O) groups is 3. The second-order valence-electron chi connectivity index (χ2n) is 26.7. The molecule has 0 aliphatic heterocycles. The van der Waals surface area contributed by atoms with Crippen LogP contribution in [0.15, 0.2) is 151 Å². The maximum Gasteiger partial charge on any atom is 0.417 e. The van der Waals surface area contributed by atoms with Gasteiger partial charge in [-0.25, -0.2) is 4.98 Å². The summed E-state index contributed by atoms with van der Waals surface area (Å²) in [7, 11) is 13.0. The lowest BCUT2D eigenvalue weighted by Gasteiger charge is -2.45. The number of rotatable bonds is 24. The van der Waals surface area contributed by atoms with Crippen LogP contribution in [0.25, 0.3) is 0 Å². The van der Waals surface area contributed by atoms with E-state index in [1.54, 1.807) is 0 Å². The number of hydrogen-bond acceptors (Lipinski definition) is 10. The van der Waals surface area contributed by atoms with Gasteiger partial charge in [-0.1, -0.05) is 132 Å². The predicted octanol–water partition coefficient (Wildman–Crippen LogP) is 15.3. The molecule has 3 fully saturated rings. The lowest BCUT2D eigenvalue weighted by molar-refractivity contribution is -0.138. The second-order valence-corrected chi connectivity index (χ2v) is 28.2. The molecular weight excluding hydrogens is 1220 g/mol. The molecule has 3 aliphatic carbocycles. The van der Waals surface area contributed by atoms with E-state index in [9.17, 15) is 27.6 Å². The number of nitrogens with zero attached hydrogens (tertiary/aromatic N) is 4. The van der Waals surface area contributed by atoms with E-state index in [1.165, 1.54) is 33.9 Å². The lowest BCUT2D eigenvalue weighted by Crippen LogP contribution is -2.52. The number of carbonyl (C=O) groups excluding carboxylic acids is 3. The molecule has 0 radical (unpaired) electrons. The summed E-state index contributed by atoms with van der Waals surface area (Å²) in [4.78, 5) is 48.3. The quantitative estimate of drug-likeness (QED) is 0.0398. The summed E-state index contributed by atoms with van der Waals surface area (Å²) >= 11 is 7.13. The van der Waals surface area contributed by atoms with Crippen LogP contribution >= 0.6 is 23.4 Å². The SMILES string of the molecule is CC(Oc1ccccc1)C(=O)NC1CCC(CCc2ccccc2)(N(C)C)CC1.Cc1ccc(CC2(N(C)C)CCC(NC(=O)CCCOc3ccc(Cl)cc3C)CC2)cc1.Cc1cccc(CC2(N(C)C)CCC(NC(=O)CSc3ccc(C(F)(F)F)cn3)CC2)c1. The van der Waals surface area contributed by atoms with Crippen LogP contribution in [0.2, 0.25) is 5.02 Å². The smallest absolute Gasteiger partial charge is 0.417 e. The number of aromatic nitrogens is 1. The third-order valence-electron chi connectivity index (χ3n) is 19.4. The zero-order valence-corrected chi connectivity index (χ0v) is 58.1. The van der Waals surface area contributed by atoms with Crippen LogP contribution < -0.4 is 25.4 Å². The summed E-state index contributed by atoms with van der Waals surface area (Å²) in [6.07, 6.45) is 13.6. The normalized spacial score (nSPS) is 21.7. The summed E-state index contributed by atoms with van der Waals surface area (Å²) in [5.41, 5.74) is 7.37. The minimum atomic E-state index is -4.41. The Morgan fingerprint density at radius 3 is 1.69 bits per heavy atom. The Kier molecular flexibility index (Phi) is 28.1. The van der Waals surface area contributed by atoms with Crippen LogP contribution in [0, 0.1) is 20.8 Å². The van der Waals surface area contributed by atoms with Crippen molar-refractivity contribution in [3.05, 3.63) is 190 Å². The fourth-order valence-corrected chi connectivity index (χ4v) is 14.2. The van der Waals surface area contributed by atoms with Gasteiger partial charge < -0.3 is 40.1 Å². The van der Waals surface area contributed by atoms with Crippen molar-refractivity contribution in [3.8, 4) is 11.5 Å². The Labute approximate surface area is 561 Å². The molecule has 9 rings (SSSR count). The number of benzene rings is 5. The van der Waals surface area contributed by atoms with Gasteiger partial charge in [-0.15, -0.1) is 0 Å². The van der Waals surface area contributed by atoms with Crippen molar-refractivity contribution in [3.63, 3.8) is 0 Å². The first-order valence-electron chi connectivity index (χ1n) is 33.2. The number of likely N-dealkylation sites (N-methyl/N-ethyl adjacent to an activating group) is 2. The number of halogens is 4. The number of aryl methyl sites for hydroxylation is 4. The van der Waals surface area contributed by atoms with Crippen LogP contribution in [-0.2, 0) is 39.8 Å². The van der Waals surface area contributed by atoms with Crippen molar-refractivity contribution in [2.24, 2.45) is 0 Å². The molecular formula is C76H101ClF3N7O5S. The summed E-state index contributed by atoms with van der Waals surface area (Å²) in [6.45, 7) is 8.56. The molecule has 1 aromatic heterocycles. The van der Waals surface area contributed by atoms with Gasteiger partial charge in [-0.05, 0) is 244 Å². The Morgan fingerprint density at radius 1 is 0.613 bits per heavy atom. The second kappa shape index (κ2) is 35.4. The number of hydrogen-bond donors (Lipinski definition) is 3. The molecule has 504 valence electrons. The molecule has 3 N–H and O–H groups in total. The monoisotopic (exact) mass is 1320 g/mol. The van der Waals surface area contributed by atoms with Gasteiger partial charge in [-0.3, -0.25) is 14.4 Å². The summed E-state index contributed by atoms with van der Waals surface area (Å²) < 4.78 is 49.4. The fourth-order valence-electron chi connectivity index (χ4n) is 13.3. The van der Waals surface area contributed by atoms with E-state index in [1.807, 2.05) is 62.4 Å². The summed E-state index contributed by atoms with van der Waals surface area (Å²) in [6, 6.07) is 46.3. The van der Waals surface area contributed by atoms with Crippen LogP contribution in [-0.4, -0.2) is 133 Å². The Hall–Kier alpha value is -6.43. The highest BCUT2D eigenvalue weighted by molar-refractivity contribution is 7.99. The zero-order valence-electron chi connectivity index (χ0n) is 56.6. The van der Waals surface area contributed by atoms with Crippen LogP contribution in [0.5, 0.6) is 11.5 Å². The van der Waals surface area contributed by atoms with Crippen LogP contribution in [0.4, 0.5) is 13.2 Å². The molecule has 17 heteroatoms. The molecule has 1 atom stereocenters. The summed E-state index contributed by atoms with van der Waals surface area (Å²) in [5, 5.41) is 10.7. The topological polar surface area (TPSA) is 128 Å². The first-order valence-corrected chi connectivity index (χ1v) is 34.5. The first-order chi connectivity index (χ1) is 44.3. The molecule has 3 saturated carbocycles. The highest BCUT2D eigenvalue weighted by atomic mass is 35.5. The van der Waals surface area contributed by atoms with Gasteiger partial charge in [0.05, 0.1) is 22.9 Å². The molecule has 1 heterocycles. The lowest BCUT2D eigenvalue weighted by atomic mass is 9.74. The number of para-hydroxylation sites is 1. The number of nitrogens with one attached hydrogen (secondary N) is 3. The molecule has 3 amide bonds. The molecule has 0 spiro atoms. The Morgan fingerprint density at radius 2 is 1.15 bits per heavy atom. The molecule has 93 heavy (non-hydrogen) atoms. The third kappa shape index (κ3) is 23.2. The van der Waals surface area contributed by atoms with Gasteiger partial charge in [0.2, 0.25) is 11.8 Å². The van der Waals surface area contributed by atoms with Gasteiger partial charge in [0.25, 0.3) is 5.91 Å². The summed E-state index contributed by atoms with van der Waals surface area (Å²) in [5.74, 6) is 1.68. The van der Waals surface area contributed by atoms with Gasteiger partial charge in [0.15, 0.2) is 6.10 Å². The fraction of sp³-hybridized carbons (Fsp3) is 0.500. The molecule has 1 unspecified atom stereocenters. The number of ether oxygens (including phenoxy) is 2. The molecule has 6 aromatic rings. The van der Waals surface area contributed by atoms with E-state index < -0.39 is 17.8 Å². The van der Waals surface area contributed by atoms with Crippen molar-refractivity contribution < 1.29 is 37.0 Å². The van der Waals surface area contributed by atoms with E-state index in [0.717, 1.165) is 144 Å². The van der Waals surface area contributed by atoms with Crippen molar-refractivity contribution in [2.75, 3.05) is 54.6 Å². The molecule has 0 saturated heterocycles. The maximum atomic E-state index is 12.6. The zero-order chi connectivity index (χ0) is 67.2. The molecule has 0 bridgehead atoms. The van der Waals surface area contributed by atoms with Gasteiger partial charge >= 0.3 is 6.18 Å². The van der Waals surface area contributed by atoms with E-state index in [-0.39, 0.29) is 58.2 Å². The third-order valence-corrected chi connectivity index (χ3v) is 20.6. The Balaban J connectivity index is 0.000000198. The number of amides is 3. The average Bonchev–Trinajstić information content (AvgIpc) is 0.839. The number of thioether (sulfide) groups is 1. The average molecular weight is 1320 g/mol. The van der Waals surface area contributed by atoms with Crippen molar-refractivity contribution in [2.45, 2.75) is 195 Å². The van der Waals surface area contributed by atoms with Gasteiger partial charge in [-0.2, -0.15) is 13.2 Å². The van der Waals surface area contributed by atoms with Crippen molar-refractivity contribution in [1.29, 1.82) is 0 Å². The minimum absolute atomic E-state index is 0.0273. The van der Waals surface area contributed by atoms with E-state index in [0.29, 0.717) is 29.5 Å². The molecule has 12 nitrogen and oxygen atoms in total. The standard InChI is InChI=1S/C27H37ClN2O2.C25H34N2O2.C24H30F3N3OS/c1-20-7-9-22(10-8-20)19-27(30(3)4)15-13-24(14-16-27)29-26(31)6-5-17-32-25-12-11-23(28)18-21(25)2;1-20(29-23-12-8-5-9-13-23)24(28)26-22-15-18-25(19-16-22,27(2)3)17-14-21-10-6-4-7-11-21;1-17-5-4-6-18(13-17)14-23(30(2)3)11-9-20(10-12-23)29-21(31)16-32-22-8-7-19(15-28-22)24(25,26)27/h7-12,18,24H,5-6,13-17,19H2,1-4H3,(H,29,31);4-13,20,22H,14-19H2,1-3H3,(H,26,28);4-8,13,15,20H,9-12,14,16H2,1-3H3,(H,29,31). The number of pyridine rings is 1. The maximum absolute atomic E-state index is 12.6. The van der Waals surface area contributed by atoms with Crippen LogP contribution in [0.3, 0.4) is 0 Å². The van der Waals surface area contributed by atoms with Crippen molar-refractivity contribution >= 4 is 41.1 Å². The highest BCUT2D eigenvalue weighted by Crippen LogP contribution is 2.39. The first kappa shape index (κ1) is 74.0. The van der Waals surface area contributed by atoms with Gasteiger partial charge in [0.1, 0.15) is 11.5 Å². The highest BCUT2D eigenvalue weighted by Gasteiger charge is 2.40. The van der Waals surface area contributed by atoms with Gasteiger partial charge in [0, 0.05) is 52.4 Å². The predicted molar refractivity (Wildman–Crippen MR) is 372 cm³/mol. The van der Waals surface area contributed by atoms with Crippen molar-refractivity contribution in [1.82, 2.24) is 35.6 Å². The number of alkyl halides is 3. The minimum Gasteiger partial charge on any atom is -0.493 e. The van der Waals surface area contributed by atoms with E-state index in [2.05, 4.69) is 171 Å². The molecule has 3 aliphatic rings. The largest absolute Gasteiger partial charge is 0.493 e. The van der Waals surface area contributed by atoms with Crippen LogP contribution in [0.1, 0.15) is 142 Å². The Bertz CT molecular complexity index is 3240. The van der Waals surface area contributed by atoms with E-state index in [4.69, 9.17) is 21.1 Å².